The maximum absolute atomic E-state index is 12.3. The van der Waals surface area contributed by atoms with E-state index in [1.54, 1.807) is 12.1 Å². The summed E-state index contributed by atoms with van der Waals surface area (Å²) in [6, 6.07) is 7.02. The first-order valence-corrected chi connectivity index (χ1v) is 11.2. The van der Waals surface area contributed by atoms with Crippen LogP contribution in [0.25, 0.3) is 0 Å². The first kappa shape index (κ1) is 20.0. The fourth-order valence-corrected chi connectivity index (χ4v) is 4.52. The second kappa shape index (κ2) is 9.95. The van der Waals surface area contributed by atoms with Gasteiger partial charge in [0.15, 0.2) is 0 Å². The standard InChI is InChI=1S/C20H31NO3S/c1-2-3-4-5-6-7-12-20(22)21-25(23,24)19-15-13-18(14-16-19)17-10-8-9-11-17/h13-17H,2-12H2,1H3,(H,21,22). The Bertz CT molecular complexity index is 631. The number of hydrogen-bond acceptors (Lipinski definition) is 3. The largest absolute Gasteiger partial charge is 0.274 e. The van der Waals surface area contributed by atoms with Crippen molar-refractivity contribution >= 4 is 15.9 Å². The molecular weight excluding hydrogens is 334 g/mol. The number of carbonyl (C=O) groups is 1. The molecule has 1 aliphatic rings. The van der Waals surface area contributed by atoms with Gasteiger partial charge in [-0.1, -0.05) is 64.0 Å². The summed E-state index contributed by atoms with van der Waals surface area (Å²) in [6.45, 7) is 2.17. The van der Waals surface area contributed by atoms with E-state index in [0.29, 0.717) is 5.92 Å². The van der Waals surface area contributed by atoms with E-state index >= 15 is 0 Å². The topological polar surface area (TPSA) is 63.2 Å². The minimum absolute atomic E-state index is 0.172. The maximum Gasteiger partial charge on any atom is 0.264 e. The molecule has 25 heavy (non-hydrogen) atoms. The van der Waals surface area contributed by atoms with Crippen molar-refractivity contribution in [2.45, 2.75) is 88.4 Å². The Labute approximate surface area is 152 Å². The molecule has 0 heterocycles. The van der Waals surface area contributed by atoms with Gasteiger partial charge in [0.25, 0.3) is 10.0 Å². The zero-order valence-corrected chi connectivity index (χ0v) is 16.1. The zero-order valence-electron chi connectivity index (χ0n) is 15.3. The highest BCUT2D eigenvalue weighted by molar-refractivity contribution is 7.90. The molecule has 5 heteroatoms. The van der Waals surface area contributed by atoms with Gasteiger partial charge in [-0.05, 0) is 42.9 Å². The minimum atomic E-state index is -3.75. The molecule has 1 N–H and O–H groups in total. The van der Waals surface area contributed by atoms with Crippen molar-refractivity contribution in [1.29, 1.82) is 0 Å². The van der Waals surface area contributed by atoms with Gasteiger partial charge < -0.3 is 0 Å². The number of carbonyl (C=O) groups excluding carboxylic acids is 1. The molecule has 1 aromatic carbocycles. The van der Waals surface area contributed by atoms with Crippen molar-refractivity contribution in [3.05, 3.63) is 29.8 Å². The summed E-state index contributed by atoms with van der Waals surface area (Å²) < 4.78 is 26.8. The van der Waals surface area contributed by atoms with Crippen LogP contribution in [-0.2, 0) is 14.8 Å². The van der Waals surface area contributed by atoms with Gasteiger partial charge in [0.05, 0.1) is 4.90 Å². The first-order valence-electron chi connectivity index (χ1n) is 9.68. The molecular formula is C20H31NO3S. The zero-order chi connectivity index (χ0) is 18.1. The molecule has 0 spiro atoms. The highest BCUT2D eigenvalue weighted by Gasteiger charge is 2.20. The van der Waals surface area contributed by atoms with Gasteiger partial charge in [-0.25, -0.2) is 13.1 Å². The van der Waals surface area contributed by atoms with Crippen LogP contribution in [0.1, 0.15) is 89.0 Å². The van der Waals surface area contributed by atoms with Crippen molar-refractivity contribution in [2.75, 3.05) is 0 Å². The van der Waals surface area contributed by atoms with Crippen LogP contribution in [0.15, 0.2) is 29.2 Å². The quantitative estimate of drug-likeness (QED) is 0.600. The fourth-order valence-electron chi connectivity index (χ4n) is 3.50. The Balaban J connectivity index is 1.80. The fraction of sp³-hybridized carbons (Fsp3) is 0.650. The maximum atomic E-state index is 12.3. The predicted molar refractivity (Wildman–Crippen MR) is 101 cm³/mol. The SMILES string of the molecule is CCCCCCCCC(=O)NS(=O)(=O)c1ccc(C2CCCC2)cc1. The third-order valence-electron chi connectivity index (χ3n) is 5.02. The molecule has 0 atom stereocenters. The van der Waals surface area contributed by atoms with Crippen LogP contribution < -0.4 is 4.72 Å². The number of benzene rings is 1. The van der Waals surface area contributed by atoms with Crippen molar-refractivity contribution in [1.82, 2.24) is 4.72 Å². The van der Waals surface area contributed by atoms with Crippen LogP contribution in [0.3, 0.4) is 0 Å². The van der Waals surface area contributed by atoms with Crippen molar-refractivity contribution in [3.8, 4) is 0 Å². The lowest BCUT2D eigenvalue weighted by atomic mass is 9.98. The lowest BCUT2D eigenvalue weighted by Gasteiger charge is -2.11. The molecule has 0 bridgehead atoms. The number of sulfonamides is 1. The molecule has 140 valence electrons. The molecule has 0 unspecified atom stereocenters. The van der Waals surface area contributed by atoms with E-state index in [0.717, 1.165) is 19.3 Å². The molecule has 0 aliphatic heterocycles. The molecule has 1 aliphatic carbocycles. The number of nitrogens with one attached hydrogen (secondary N) is 1. The predicted octanol–water partition coefficient (Wildman–Crippen LogP) is 4.90. The van der Waals surface area contributed by atoms with Crippen LogP contribution in [-0.4, -0.2) is 14.3 Å². The van der Waals surface area contributed by atoms with Crippen LogP contribution in [0.5, 0.6) is 0 Å². The second-order valence-corrected chi connectivity index (χ2v) is 8.78. The Hall–Kier alpha value is -1.36. The van der Waals surface area contributed by atoms with E-state index in [1.807, 2.05) is 12.1 Å². The van der Waals surface area contributed by atoms with Gasteiger partial charge in [-0.3, -0.25) is 4.79 Å². The van der Waals surface area contributed by atoms with E-state index in [9.17, 15) is 13.2 Å². The molecule has 1 aromatic rings. The monoisotopic (exact) mass is 365 g/mol. The van der Waals surface area contributed by atoms with Crippen molar-refractivity contribution in [3.63, 3.8) is 0 Å². The van der Waals surface area contributed by atoms with Crippen molar-refractivity contribution < 1.29 is 13.2 Å². The number of unbranched alkanes of at least 4 members (excludes halogenated alkanes) is 5. The highest BCUT2D eigenvalue weighted by atomic mass is 32.2. The van der Waals surface area contributed by atoms with E-state index in [2.05, 4.69) is 11.6 Å². The summed E-state index contributed by atoms with van der Waals surface area (Å²) in [7, 11) is -3.75. The molecule has 1 amide bonds. The molecule has 1 saturated carbocycles. The number of amides is 1. The Morgan fingerprint density at radius 3 is 2.24 bits per heavy atom. The molecule has 0 aromatic heterocycles. The summed E-state index contributed by atoms with van der Waals surface area (Å²) in [5, 5.41) is 0. The molecule has 0 radical (unpaired) electrons. The summed E-state index contributed by atoms with van der Waals surface area (Å²) in [5.74, 6) is 0.148. The van der Waals surface area contributed by atoms with Gasteiger partial charge in [0, 0.05) is 6.42 Å². The normalized spacial score (nSPS) is 15.4. The van der Waals surface area contributed by atoms with Gasteiger partial charge in [-0.2, -0.15) is 0 Å². The Morgan fingerprint density at radius 2 is 1.60 bits per heavy atom. The third kappa shape index (κ3) is 6.46. The van der Waals surface area contributed by atoms with Gasteiger partial charge in [0.1, 0.15) is 0 Å². The highest BCUT2D eigenvalue weighted by Crippen LogP contribution is 2.34. The average Bonchev–Trinajstić information content (AvgIpc) is 3.12. The number of rotatable bonds is 10. The Morgan fingerprint density at radius 1 is 1.00 bits per heavy atom. The summed E-state index contributed by atoms with van der Waals surface area (Å²) in [5.41, 5.74) is 1.20. The van der Waals surface area contributed by atoms with Crippen LogP contribution in [0.2, 0.25) is 0 Å². The van der Waals surface area contributed by atoms with Gasteiger partial charge in [-0.15, -0.1) is 0 Å². The molecule has 2 rings (SSSR count). The smallest absolute Gasteiger partial charge is 0.264 e. The van der Waals surface area contributed by atoms with Crippen molar-refractivity contribution in [2.24, 2.45) is 0 Å². The lowest BCUT2D eigenvalue weighted by molar-refractivity contribution is -0.119. The van der Waals surface area contributed by atoms with E-state index in [-0.39, 0.29) is 11.3 Å². The average molecular weight is 366 g/mol. The summed E-state index contributed by atoms with van der Waals surface area (Å²) in [6.07, 6.45) is 11.6. The minimum Gasteiger partial charge on any atom is -0.274 e. The first-order chi connectivity index (χ1) is 12.0. The van der Waals surface area contributed by atoms with Crippen LogP contribution in [0, 0.1) is 0 Å². The van der Waals surface area contributed by atoms with Gasteiger partial charge in [0.2, 0.25) is 5.91 Å². The summed E-state index contributed by atoms with van der Waals surface area (Å²) in [4.78, 5) is 12.1. The van der Waals surface area contributed by atoms with Crippen LogP contribution in [0.4, 0.5) is 0 Å². The van der Waals surface area contributed by atoms with E-state index in [4.69, 9.17) is 0 Å². The molecule has 0 saturated heterocycles. The van der Waals surface area contributed by atoms with Crippen LogP contribution >= 0.6 is 0 Å². The van der Waals surface area contributed by atoms with Gasteiger partial charge >= 0.3 is 0 Å². The molecule has 4 nitrogen and oxygen atoms in total. The third-order valence-corrected chi connectivity index (χ3v) is 6.41. The lowest BCUT2D eigenvalue weighted by Crippen LogP contribution is -2.30. The molecule has 1 fully saturated rings. The summed E-state index contributed by atoms with van der Waals surface area (Å²) >= 11 is 0. The second-order valence-electron chi connectivity index (χ2n) is 7.10. The Kier molecular flexibility index (Phi) is 7.94. The van der Waals surface area contributed by atoms with E-state index in [1.165, 1.54) is 50.5 Å². The van der Waals surface area contributed by atoms with E-state index < -0.39 is 15.9 Å². The number of hydrogen-bond donors (Lipinski definition) is 1.